The lowest BCUT2D eigenvalue weighted by atomic mass is 10.0. The standard InChI is InChI=1S/C30H31ClN4O3/c1-21(2)22-13-15-24(16-14-22)35-19-27(23-9-5-4-6-10-23)32-30(35)33-28(36)20-34(17-18-38-3)29(37)25-11-7-8-12-26(25)31/h4-16,19,21H,17-18,20H2,1-3H3,(H,32,33,36). The number of ether oxygens (including phenoxy) is 1. The third-order valence-corrected chi connectivity index (χ3v) is 6.49. The molecule has 0 saturated carbocycles. The second-order valence-corrected chi connectivity index (χ2v) is 9.59. The van der Waals surface area contributed by atoms with E-state index in [1.807, 2.05) is 53.2 Å². The summed E-state index contributed by atoms with van der Waals surface area (Å²) in [7, 11) is 1.55. The molecule has 4 rings (SSSR count). The number of benzene rings is 3. The highest BCUT2D eigenvalue weighted by Gasteiger charge is 2.22. The van der Waals surface area contributed by atoms with Crippen molar-refractivity contribution >= 4 is 29.4 Å². The number of aromatic nitrogens is 2. The van der Waals surface area contributed by atoms with E-state index < -0.39 is 0 Å². The SMILES string of the molecule is COCCN(CC(=O)Nc1nc(-c2ccccc2)cn1-c1ccc(C(C)C)cc1)C(=O)c1ccccc1Cl. The van der Waals surface area contributed by atoms with Crippen LogP contribution >= 0.6 is 11.6 Å². The summed E-state index contributed by atoms with van der Waals surface area (Å²) >= 11 is 6.25. The molecule has 0 aliphatic rings. The molecular formula is C30H31ClN4O3. The van der Waals surface area contributed by atoms with E-state index in [1.54, 1.807) is 31.4 Å². The zero-order chi connectivity index (χ0) is 27.1. The van der Waals surface area contributed by atoms with Crippen molar-refractivity contribution in [3.8, 4) is 16.9 Å². The summed E-state index contributed by atoms with van der Waals surface area (Å²) in [5.41, 5.74) is 4.06. The lowest BCUT2D eigenvalue weighted by Crippen LogP contribution is -2.40. The molecule has 0 radical (unpaired) electrons. The van der Waals surface area contributed by atoms with Crippen molar-refractivity contribution in [2.75, 3.05) is 32.1 Å². The number of hydrogen-bond donors (Lipinski definition) is 1. The van der Waals surface area contributed by atoms with E-state index in [9.17, 15) is 9.59 Å². The van der Waals surface area contributed by atoms with E-state index in [0.29, 0.717) is 22.5 Å². The van der Waals surface area contributed by atoms with Crippen LogP contribution in [0.2, 0.25) is 5.02 Å². The largest absolute Gasteiger partial charge is 0.383 e. The van der Waals surface area contributed by atoms with E-state index in [-0.39, 0.29) is 31.5 Å². The number of imidazole rings is 1. The highest BCUT2D eigenvalue weighted by Crippen LogP contribution is 2.26. The molecular weight excluding hydrogens is 500 g/mol. The van der Waals surface area contributed by atoms with Crippen LogP contribution in [0.25, 0.3) is 16.9 Å². The Morgan fingerprint density at radius 1 is 1.00 bits per heavy atom. The fraction of sp³-hybridized carbons (Fsp3) is 0.233. The van der Waals surface area contributed by atoms with Crippen molar-refractivity contribution in [1.29, 1.82) is 0 Å². The van der Waals surface area contributed by atoms with E-state index >= 15 is 0 Å². The summed E-state index contributed by atoms with van der Waals surface area (Å²) in [4.78, 5) is 32.6. The highest BCUT2D eigenvalue weighted by atomic mass is 35.5. The molecule has 0 bridgehead atoms. The van der Waals surface area contributed by atoms with Crippen LogP contribution in [-0.2, 0) is 9.53 Å². The Bertz CT molecular complexity index is 1380. The third kappa shape index (κ3) is 6.49. The van der Waals surface area contributed by atoms with Crippen LogP contribution in [0, 0.1) is 0 Å². The van der Waals surface area contributed by atoms with Gasteiger partial charge in [-0.05, 0) is 35.7 Å². The Labute approximate surface area is 228 Å². The van der Waals surface area contributed by atoms with Crippen molar-refractivity contribution in [2.45, 2.75) is 19.8 Å². The number of methoxy groups -OCH3 is 1. The second kappa shape index (κ2) is 12.5. The predicted molar refractivity (Wildman–Crippen MR) is 151 cm³/mol. The zero-order valence-corrected chi connectivity index (χ0v) is 22.5. The van der Waals surface area contributed by atoms with Crippen LogP contribution in [0.15, 0.2) is 85.1 Å². The van der Waals surface area contributed by atoms with Gasteiger partial charge in [-0.25, -0.2) is 4.98 Å². The van der Waals surface area contributed by atoms with Gasteiger partial charge in [0.05, 0.1) is 22.9 Å². The molecule has 38 heavy (non-hydrogen) atoms. The molecule has 1 heterocycles. The van der Waals surface area contributed by atoms with E-state index in [4.69, 9.17) is 21.3 Å². The molecule has 2 amide bonds. The normalized spacial score (nSPS) is 11.0. The van der Waals surface area contributed by atoms with E-state index in [0.717, 1.165) is 16.9 Å². The van der Waals surface area contributed by atoms with Crippen molar-refractivity contribution in [1.82, 2.24) is 14.5 Å². The minimum Gasteiger partial charge on any atom is -0.383 e. The van der Waals surface area contributed by atoms with Crippen molar-refractivity contribution < 1.29 is 14.3 Å². The maximum Gasteiger partial charge on any atom is 0.255 e. The van der Waals surface area contributed by atoms with Crippen LogP contribution < -0.4 is 5.32 Å². The molecule has 1 N–H and O–H groups in total. The first kappa shape index (κ1) is 27.1. The first-order valence-electron chi connectivity index (χ1n) is 12.4. The van der Waals surface area contributed by atoms with Crippen molar-refractivity contribution in [2.24, 2.45) is 0 Å². The molecule has 8 heteroatoms. The molecule has 0 aliphatic carbocycles. The number of amides is 2. The average Bonchev–Trinajstić information content (AvgIpc) is 3.35. The monoisotopic (exact) mass is 530 g/mol. The van der Waals surface area contributed by atoms with Crippen molar-refractivity contribution in [3.63, 3.8) is 0 Å². The number of nitrogens with zero attached hydrogens (tertiary/aromatic N) is 3. The first-order valence-corrected chi connectivity index (χ1v) is 12.8. The highest BCUT2D eigenvalue weighted by molar-refractivity contribution is 6.33. The summed E-state index contributed by atoms with van der Waals surface area (Å²) in [6.07, 6.45) is 1.90. The predicted octanol–water partition coefficient (Wildman–Crippen LogP) is 6.04. The minimum atomic E-state index is -0.383. The average molecular weight is 531 g/mol. The smallest absolute Gasteiger partial charge is 0.255 e. The number of halogens is 1. The molecule has 196 valence electrons. The fourth-order valence-corrected chi connectivity index (χ4v) is 4.25. The molecule has 1 aromatic heterocycles. The van der Waals surface area contributed by atoms with Gasteiger partial charge in [0.25, 0.3) is 5.91 Å². The molecule has 0 unspecified atom stereocenters. The summed E-state index contributed by atoms with van der Waals surface area (Å²) in [5, 5.41) is 3.24. The molecule has 4 aromatic rings. The zero-order valence-electron chi connectivity index (χ0n) is 21.7. The molecule has 0 spiro atoms. The van der Waals surface area contributed by atoms with Crippen LogP contribution in [0.5, 0.6) is 0 Å². The summed E-state index contributed by atoms with van der Waals surface area (Å²) < 4.78 is 7.02. The molecule has 0 aliphatic heterocycles. The number of carbonyl (C=O) groups is 2. The number of carbonyl (C=O) groups excluding carboxylic acids is 2. The Balaban J connectivity index is 1.62. The van der Waals surface area contributed by atoms with Crippen LogP contribution in [0.1, 0.15) is 35.7 Å². The Kier molecular flexibility index (Phi) is 8.94. The third-order valence-electron chi connectivity index (χ3n) is 6.16. The van der Waals surface area contributed by atoms with Gasteiger partial charge in [0.1, 0.15) is 6.54 Å². The number of anilines is 1. The van der Waals surface area contributed by atoms with Crippen LogP contribution in [0.3, 0.4) is 0 Å². The quantitative estimate of drug-likeness (QED) is 0.271. The minimum absolute atomic E-state index is 0.187. The van der Waals surface area contributed by atoms with Gasteiger partial charge in [-0.15, -0.1) is 0 Å². The number of hydrogen-bond acceptors (Lipinski definition) is 4. The maximum absolute atomic E-state index is 13.2. The maximum atomic E-state index is 13.2. The molecule has 0 fully saturated rings. The lowest BCUT2D eigenvalue weighted by molar-refractivity contribution is -0.117. The van der Waals surface area contributed by atoms with E-state index in [2.05, 4.69) is 31.3 Å². The summed E-state index contributed by atoms with van der Waals surface area (Å²) in [6, 6.07) is 24.7. The van der Waals surface area contributed by atoms with Crippen LogP contribution in [-0.4, -0.2) is 53.1 Å². The topological polar surface area (TPSA) is 76.5 Å². The Morgan fingerprint density at radius 2 is 1.68 bits per heavy atom. The fourth-order valence-electron chi connectivity index (χ4n) is 4.03. The lowest BCUT2D eigenvalue weighted by Gasteiger charge is -2.22. The molecule has 0 saturated heterocycles. The van der Waals surface area contributed by atoms with Gasteiger partial charge in [0, 0.05) is 31.1 Å². The van der Waals surface area contributed by atoms with Gasteiger partial charge in [0.2, 0.25) is 11.9 Å². The summed E-state index contributed by atoms with van der Waals surface area (Å²) in [5.74, 6) is 0.0369. The Morgan fingerprint density at radius 3 is 2.34 bits per heavy atom. The van der Waals surface area contributed by atoms with Crippen molar-refractivity contribution in [3.05, 3.63) is 101 Å². The van der Waals surface area contributed by atoms with E-state index in [1.165, 1.54) is 10.5 Å². The molecule has 0 atom stereocenters. The van der Waals surface area contributed by atoms with Gasteiger partial charge in [-0.3, -0.25) is 19.5 Å². The summed E-state index contributed by atoms with van der Waals surface area (Å²) in [6.45, 7) is 4.61. The number of rotatable bonds is 10. The van der Waals surface area contributed by atoms with Gasteiger partial charge >= 0.3 is 0 Å². The van der Waals surface area contributed by atoms with Gasteiger partial charge < -0.3 is 9.64 Å². The van der Waals surface area contributed by atoms with Crippen LogP contribution in [0.4, 0.5) is 5.95 Å². The van der Waals surface area contributed by atoms with Gasteiger partial charge in [0.15, 0.2) is 0 Å². The Hall–Kier alpha value is -3.94. The first-order chi connectivity index (χ1) is 18.4. The number of nitrogens with one attached hydrogen (secondary N) is 1. The molecule has 3 aromatic carbocycles. The van der Waals surface area contributed by atoms with Gasteiger partial charge in [-0.2, -0.15) is 0 Å². The second-order valence-electron chi connectivity index (χ2n) is 9.18. The molecule has 7 nitrogen and oxygen atoms in total. The van der Waals surface area contributed by atoms with Gasteiger partial charge in [-0.1, -0.05) is 80.0 Å².